The highest BCUT2D eigenvalue weighted by Gasteiger charge is 2.32. The zero-order valence-electron chi connectivity index (χ0n) is 11.7. The summed E-state index contributed by atoms with van der Waals surface area (Å²) in [5.41, 5.74) is 6.69. The third-order valence-electron chi connectivity index (χ3n) is 4.05. The fraction of sp³-hybridized carbons (Fsp3) is 0.533. The van der Waals surface area contributed by atoms with E-state index in [2.05, 4.69) is 11.6 Å². The molecule has 0 saturated heterocycles. The summed E-state index contributed by atoms with van der Waals surface area (Å²) in [4.78, 5) is 11.1. The molecule has 0 unspecified atom stereocenters. The van der Waals surface area contributed by atoms with Crippen LogP contribution in [0.3, 0.4) is 0 Å². The summed E-state index contributed by atoms with van der Waals surface area (Å²) in [6.45, 7) is 1.72. The lowest BCUT2D eigenvalue weighted by atomic mass is 10.1. The number of primary amides is 1. The van der Waals surface area contributed by atoms with Crippen molar-refractivity contribution in [1.82, 2.24) is 5.32 Å². The van der Waals surface area contributed by atoms with Gasteiger partial charge in [-0.1, -0.05) is 30.5 Å². The van der Waals surface area contributed by atoms with Crippen molar-refractivity contribution in [3.05, 3.63) is 34.3 Å². The van der Waals surface area contributed by atoms with Crippen molar-refractivity contribution in [3.63, 3.8) is 0 Å². The van der Waals surface area contributed by atoms with Crippen LogP contribution in [-0.4, -0.2) is 23.5 Å². The average molecular weight is 313 g/mol. The lowest BCUT2D eigenvalue weighted by Gasteiger charge is -2.27. The van der Waals surface area contributed by atoms with Gasteiger partial charge in [0.1, 0.15) is 0 Å². The third-order valence-corrected chi connectivity index (χ3v) is 5.82. The fourth-order valence-electron chi connectivity index (χ4n) is 2.74. The fourth-order valence-corrected chi connectivity index (χ4v) is 3.93. The molecule has 1 aromatic rings. The van der Waals surface area contributed by atoms with Gasteiger partial charge in [-0.15, -0.1) is 0 Å². The van der Waals surface area contributed by atoms with E-state index in [9.17, 15) is 4.79 Å². The zero-order chi connectivity index (χ0) is 14.6. The second-order valence-corrected chi connectivity index (χ2v) is 7.05. The molecule has 0 radical (unpaired) electrons. The van der Waals surface area contributed by atoms with Crippen molar-refractivity contribution in [1.29, 1.82) is 0 Å². The Morgan fingerprint density at radius 2 is 2.15 bits per heavy atom. The number of hydrogen-bond acceptors (Lipinski definition) is 3. The minimum Gasteiger partial charge on any atom is -0.366 e. The van der Waals surface area contributed by atoms with Crippen molar-refractivity contribution < 1.29 is 4.79 Å². The van der Waals surface area contributed by atoms with E-state index in [1.807, 2.05) is 17.8 Å². The summed E-state index contributed by atoms with van der Waals surface area (Å²) in [7, 11) is 0. The molecule has 0 heterocycles. The van der Waals surface area contributed by atoms with E-state index in [4.69, 9.17) is 17.3 Å². The first-order valence-electron chi connectivity index (χ1n) is 6.90. The number of carbonyl (C=O) groups is 1. The molecule has 3 N–H and O–H groups in total. The molecule has 1 aliphatic carbocycles. The molecule has 1 amide bonds. The standard InChI is InChI=1S/C15H21ClN2OS/c1-20-15(6-2-3-7-15)10-18-9-12-5-4-11(14(17)19)8-13(12)16/h4-5,8,18H,2-3,6-7,9-10H2,1H3,(H2,17,19). The summed E-state index contributed by atoms with van der Waals surface area (Å²) in [5.74, 6) is -0.446. The molecule has 110 valence electrons. The van der Waals surface area contributed by atoms with E-state index in [0.29, 0.717) is 15.3 Å². The molecule has 1 aliphatic rings. The third kappa shape index (κ3) is 3.68. The molecule has 1 aromatic carbocycles. The van der Waals surface area contributed by atoms with E-state index in [1.54, 1.807) is 12.1 Å². The van der Waals surface area contributed by atoms with E-state index in [0.717, 1.165) is 18.7 Å². The molecule has 1 saturated carbocycles. The Bertz CT molecular complexity index is 487. The molecule has 1 fully saturated rings. The lowest BCUT2D eigenvalue weighted by molar-refractivity contribution is 0.100. The quantitative estimate of drug-likeness (QED) is 0.848. The normalized spacial score (nSPS) is 17.3. The number of hydrogen-bond donors (Lipinski definition) is 2. The number of halogens is 1. The molecule has 0 bridgehead atoms. The first-order valence-corrected chi connectivity index (χ1v) is 8.51. The van der Waals surface area contributed by atoms with Gasteiger partial charge in [-0.25, -0.2) is 0 Å². The highest BCUT2D eigenvalue weighted by atomic mass is 35.5. The molecule has 20 heavy (non-hydrogen) atoms. The van der Waals surface area contributed by atoms with Crippen LogP contribution in [0.1, 0.15) is 41.6 Å². The molecule has 0 atom stereocenters. The number of amides is 1. The van der Waals surface area contributed by atoms with Crippen molar-refractivity contribution >= 4 is 29.3 Å². The van der Waals surface area contributed by atoms with Crippen LogP contribution in [-0.2, 0) is 6.54 Å². The van der Waals surface area contributed by atoms with Gasteiger partial charge in [-0.2, -0.15) is 11.8 Å². The number of nitrogens with one attached hydrogen (secondary N) is 1. The topological polar surface area (TPSA) is 55.1 Å². The minimum absolute atomic E-state index is 0.389. The SMILES string of the molecule is CSC1(CNCc2ccc(C(N)=O)cc2Cl)CCCC1. The highest BCUT2D eigenvalue weighted by Crippen LogP contribution is 2.39. The first-order chi connectivity index (χ1) is 9.56. The molecule has 0 spiro atoms. The average Bonchev–Trinajstić information content (AvgIpc) is 2.90. The van der Waals surface area contributed by atoms with E-state index in [1.165, 1.54) is 25.7 Å². The molecular formula is C15H21ClN2OS. The molecule has 0 aliphatic heterocycles. The van der Waals surface area contributed by atoms with Gasteiger partial charge in [0.05, 0.1) is 0 Å². The maximum absolute atomic E-state index is 11.1. The molecule has 3 nitrogen and oxygen atoms in total. The van der Waals surface area contributed by atoms with Crippen LogP contribution < -0.4 is 11.1 Å². The zero-order valence-corrected chi connectivity index (χ0v) is 13.3. The number of benzene rings is 1. The van der Waals surface area contributed by atoms with Gasteiger partial charge in [-0.05, 0) is 36.8 Å². The maximum Gasteiger partial charge on any atom is 0.248 e. The predicted molar refractivity (Wildman–Crippen MR) is 86.4 cm³/mol. The largest absolute Gasteiger partial charge is 0.366 e. The summed E-state index contributed by atoms with van der Waals surface area (Å²) >= 11 is 8.15. The van der Waals surface area contributed by atoms with Gasteiger partial charge in [0.15, 0.2) is 0 Å². The van der Waals surface area contributed by atoms with Crippen LogP contribution in [0.25, 0.3) is 0 Å². The van der Waals surface area contributed by atoms with Crippen LogP contribution in [0, 0.1) is 0 Å². The van der Waals surface area contributed by atoms with Gasteiger partial charge in [0.2, 0.25) is 5.91 Å². The Hall–Kier alpha value is -0.710. The van der Waals surface area contributed by atoms with Crippen LogP contribution in [0.5, 0.6) is 0 Å². The Labute approximate surface area is 129 Å². The number of thioether (sulfide) groups is 1. The monoisotopic (exact) mass is 312 g/mol. The van der Waals surface area contributed by atoms with Crippen LogP contribution in [0.15, 0.2) is 18.2 Å². The van der Waals surface area contributed by atoms with Gasteiger partial charge in [-0.3, -0.25) is 4.79 Å². The Morgan fingerprint density at radius 1 is 1.45 bits per heavy atom. The number of nitrogens with two attached hydrogens (primary N) is 1. The van der Waals surface area contributed by atoms with Crippen LogP contribution >= 0.6 is 23.4 Å². The van der Waals surface area contributed by atoms with Gasteiger partial charge in [0, 0.05) is 28.4 Å². The van der Waals surface area contributed by atoms with Gasteiger partial charge < -0.3 is 11.1 Å². The van der Waals surface area contributed by atoms with Crippen LogP contribution in [0.2, 0.25) is 5.02 Å². The second kappa shape index (κ2) is 6.83. The Kier molecular flexibility index (Phi) is 5.35. The molecule has 5 heteroatoms. The van der Waals surface area contributed by atoms with Crippen molar-refractivity contribution in [2.24, 2.45) is 5.73 Å². The summed E-state index contributed by atoms with van der Waals surface area (Å²) in [6, 6.07) is 5.24. The molecular weight excluding hydrogens is 292 g/mol. The van der Waals surface area contributed by atoms with Crippen LogP contribution in [0.4, 0.5) is 0 Å². The smallest absolute Gasteiger partial charge is 0.248 e. The summed E-state index contributed by atoms with van der Waals surface area (Å²) in [6.07, 6.45) is 7.43. The molecule has 0 aromatic heterocycles. The van der Waals surface area contributed by atoms with Crippen molar-refractivity contribution in [2.75, 3.05) is 12.8 Å². The molecule has 2 rings (SSSR count). The Balaban J connectivity index is 1.92. The van der Waals surface area contributed by atoms with Gasteiger partial charge >= 0.3 is 0 Å². The van der Waals surface area contributed by atoms with Crippen molar-refractivity contribution in [2.45, 2.75) is 37.0 Å². The number of rotatable bonds is 6. The number of carbonyl (C=O) groups excluding carboxylic acids is 1. The highest BCUT2D eigenvalue weighted by molar-refractivity contribution is 8.00. The van der Waals surface area contributed by atoms with Gasteiger partial charge in [0.25, 0.3) is 0 Å². The predicted octanol–water partition coefficient (Wildman–Crippen LogP) is 3.20. The first kappa shape index (κ1) is 15.7. The maximum atomic E-state index is 11.1. The summed E-state index contributed by atoms with van der Waals surface area (Å²) < 4.78 is 0.389. The Morgan fingerprint density at radius 3 is 2.70 bits per heavy atom. The van der Waals surface area contributed by atoms with E-state index >= 15 is 0 Å². The lowest BCUT2D eigenvalue weighted by Crippen LogP contribution is -2.34. The second-order valence-electron chi connectivity index (χ2n) is 5.37. The van der Waals surface area contributed by atoms with E-state index < -0.39 is 5.91 Å². The summed E-state index contributed by atoms with van der Waals surface area (Å²) in [5, 5.41) is 4.10. The van der Waals surface area contributed by atoms with E-state index in [-0.39, 0.29) is 0 Å². The van der Waals surface area contributed by atoms with Crippen molar-refractivity contribution in [3.8, 4) is 0 Å². The minimum atomic E-state index is -0.446.